The van der Waals surface area contributed by atoms with Crippen LogP contribution in [0, 0.1) is 31.1 Å². The molecule has 0 saturated carbocycles. The largest absolute Gasteiger partial charge is 0.387 e. The third kappa shape index (κ3) is 4.82. The van der Waals surface area contributed by atoms with E-state index in [2.05, 4.69) is 24.7 Å². The summed E-state index contributed by atoms with van der Waals surface area (Å²) in [5, 5.41) is 10.1. The Labute approximate surface area is 117 Å². The van der Waals surface area contributed by atoms with Crippen molar-refractivity contribution in [1.29, 1.82) is 0 Å². The number of aliphatic hydroxyl groups is 1. The molecule has 1 nitrogen and oxygen atoms in total. The van der Waals surface area contributed by atoms with Crippen molar-refractivity contribution in [2.24, 2.45) is 0 Å². The monoisotopic (exact) mass is 254 g/mol. The van der Waals surface area contributed by atoms with Gasteiger partial charge in [0, 0.05) is 18.4 Å². The van der Waals surface area contributed by atoms with Crippen molar-refractivity contribution >= 4 is 0 Å². The van der Waals surface area contributed by atoms with Crippen molar-refractivity contribution in [3.63, 3.8) is 0 Å². The fraction of sp³-hybridized carbons (Fsp3) is 0.444. The van der Waals surface area contributed by atoms with E-state index in [1.54, 1.807) is 0 Å². The Morgan fingerprint density at radius 1 is 1.32 bits per heavy atom. The second-order valence-corrected chi connectivity index (χ2v) is 4.72. The Morgan fingerprint density at radius 3 is 2.79 bits per heavy atom. The van der Waals surface area contributed by atoms with E-state index in [1.807, 2.05) is 25.1 Å². The fourth-order valence-electron chi connectivity index (χ4n) is 1.97. The number of hydrogen-bond acceptors (Lipinski definition) is 1. The lowest BCUT2D eigenvalue weighted by Crippen LogP contribution is -2.01. The van der Waals surface area contributed by atoms with Gasteiger partial charge >= 0.3 is 0 Å². The molecule has 1 N–H and O–H groups in total. The van der Waals surface area contributed by atoms with Gasteiger partial charge in [0.15, 0.2) is 0 Å². The molecule has 19 heavy (non-hydrogen) atoms. The predicted octanol–water partition coefficient (Wildman–Crippen LogP) is 3.98. The zero-order chi connectivity index (χ0) is 14.1. The van der Waals surface area contributed by atoms with Crippen LogP contribution in [0.5, 0.6) is 0 Å². The summed E-state index contributed by atoms with van der Waals surface area (Å²) in [5.41, 5.74) is 2.87. The van der Waals surface area contributed by atoms with Crippen LogP contribution >= 0.6 is 0 Å². The summed E-state index contributed by atoms with van der Waals surface area (Å²) in [4.78, 5) is 0. The molecule has 1 atom stereocenters. The second-order valence-electron chi connectivity index (χ2n) is 4.72. The summed E-state index contributed by atoms with van der Waals surface area (Å²) in [5.74, 6) is 8.90. The summed E-state index contributed by atoms with van der Waals surface area (Å²) in [6.07, 6.45) is 9.44. The molecule has 1 rings (SSSR count). The summed E-state index contributed by atoms with van der Waals surface area (Å²) in [6.45, 7) is 4.20. The topological polar surface area (TPSA) is 20.2 Å². The first-order valence-corrected chi connectivity index (χ1v) is 6.90. The number of benzene rings is 1. The van der Waals surface area contributed by atoms with Crippen LogP contribution in [0.25, 0.3) is 0 Å². The fourth-order valence-corrected chi connectivity index (χ4v) is 1.97. The third-order valence-electron chi connectivity index (χ3n) is 3.09. The molecule has 1 unspecified atom stereocenters. The molecule has 0 saturated heterocycles. The summed E-state index contributed by atoms with van der Waals surface area (Å²) in [7, 11) is 0. The van der Waals surface area contributed by atoms with Crippen LogP contribution in [-0.4, -0.2) is 5.11 Å². The predicted molar refractivity (Wildman–Crippen MR) is 80.6 cm³/mol. The van der Waals surface area contributed by atoms with E-state index >= 15 is 0 Å². The van der Waals surface area contributed by atoms with Crippen molar-refractivity contribution < 1.29 is 5.11 Å². The zero-order valence-electron chi connectivity index (χ0n) is 11.9. The van der Waals surface area contributed by atoms with Crippen molar-refractivity contribution in [2.75, 3.05) is 0 Å². The van der Waals surface area contributed by atoms with E-state index in [0.717, 1.165) is 29.5 Å². The highest BCUT2D eigenvalue weighted by molar-refractivity contribution is 5.48. The van der Waals surface area contributed by atoms with Crippen LogP contribution in [-0.2, 0) is 0 Å². The molecule has 0 bridgehead atoms. The van der Waals surface area contributed by atoms with E-state index in [4.69, 9.17) is 6.42 Å². The molecule has 0 amide bonds. The normalized spacial score (nSPS) is 11.3. The Balaban J connectivity index is 2.89. The highest BCUT2D eigenvalue weighted by Crippen LogP contribution is 2.22. The van der Waals surface area contributed by atoms with E-state index in [1.165, 1.54) is 12.8 Å². The van der Waals surface area contributed by atoms with Gasteiger partial charge in [-0.1, -0.05) is 49.8 Å². The molecule has 0 aromatic heterocycles. The highest BCUT2D eigenvalue weighted by Gasteiger charge is 2.11. The maximum atomic E-state index is 10.1. The first-order chi connectivity index (χ1) is 9.20. The molecule has 1 aromatic rings. The van der Waals surface area contributed by atoms with Gasteiger partial charge in [-0.05, 0) is 24.5 Å². The standard InChI is InChI=1S/C18H22O/c1-4-6-7-8-9-13-16-15(3)12-10-14-17(16)18(19)11-5-2/h2,10,12,14,18-19H,4,6-8,11H2,1,3H3. The Kier molecular flexibility index (Phi) is 6.80. The summed E-state index contributed by atoms with van der Waals surface area (Å²) >= 11 is 0. The van der Waals surface area contributed by atoms with Crippen molar-refractivity contribution in [2.45, 2.75) is 52.1 Å². The number of hydrogen-bond donors (Lipinski definition) is 1. The van der Waals surface area contributed by atoms with Gasteiger partial charge in [-0.2, -0.15) is 0 Å². The Hall–Kier alpha value is -1.70. The average molecular weight is 254 g/mol. The number of rotatable bonds is 5. The minimum absolute atomic E-state index is 0.327. The van der Waals surface area contributed by atoms with Crippen LogP contribution in [0.4, 0.5) is 0 Å². The maximum Gasteiger partial charge on any atom is 0.0911 e. The quantitative estimate of drug-likeness (QED) is 0.622. The van der Waals surface area contributed by atoms with E-state index in [0.29, 0.717) is 6.42 Å². The molecule has 0 heterocycles. The van der Waals surface area contributed by atoms with Crippen molar-refractivity contribution in [3.05, 3.63) is 34.9 Å². The average Bonchev–Trinajstić information content (AvgIpc) is 2.40. The molecule has 0 aliphatic rings. The molecule has 0 spiro atoms. The highest BCUT2D eigenvalue weighted by atomic mass is 16.3. The van der Waals surface area contributed by atoms with Crippen LogP contribution in [0.1, 0.15) is 61.8 Å². The lowest BCUT2D eigenvalue weighted by molar-refractivity contribution is 0.183. The summed E-state index contributed by atoms with van der Waals surface area (Å²) < 4.78 is 0. The lowest BCUT2D eigenvalue weighted by Gasteiger charge is -2.12. The van der Waals surface area contributed by atoms with E-state index in [-0.39, 0.29) is 0 Å². The van der Waals surface area contributed by atoms with Gasteiger partial charge in [0.1, 0.15) is 0 Å². The molecule has 0 radical (unpaired) electrons. The van der Waals surface area contributed by atoms with Gasteiger partial charge in [-0.3, -0.25) is 0 Å². The minimum Gasteiger partial charge on any atom is -0.387 e. The first-order valence-electron chi connectivity index (χ1n) is 6.90. The van der Waals surface area contributed by atoms with Crippen LogP contribution in [0.3, 0.4) is 0 Å². The second kappa shape index (κ2) is 8.41. The van der Waals surface area contributed by atoms with E-state index < -0.39 is 6.10 Å². The molecule has 0 aliphatic heterocycles. The zero-order valence-corrected chi connectivity index (χ0v) is 11.9. The van der Waals surface area contributed by atoms with Gasteiger partial charge in [0.2, 0.25) is 0 Å². The first kappa shape index (κ1) is 15.4. The van der Waals surface area contributed by atoms with Crippen molar-refractivity contribution in [1.82, 2.24) is 0 Å². The Bertz CT molecular complexity index is 497. The molecule has 0 aliphatic carbocycles. The van der Waals surface area contributed by atoms with Gasteiger partial charge in [-0.25, -0.2) is 0 Å². The molecule has 1 aromatic carbocycles. The molecular weight excluding hydrogens is 232 g/mol. The molecular formula is C18H22O. The molecule has 1 heteroatoms. The van der Waals surface area contributed by atoms with Gasteiger partial charge < -0.3 is 5.11 Å². The van der Waals surface area contributed by atoms with Gasteiger partial charge in [-0.15, -0.1) is 12.3 Å². The number of aliphatic hydroxyl groups excluding tert-OH is 1. The van der Waals surface area contributed by atoms with Crippen LogP contribution in [0.15, 0.2) is 18.2 Å². The van der Waals surface area contributed by atoms with Gasteiger partial charge in [0.25, 0.3) is 0 Å². The number of unbranched alkanes of at least 4 members (excludes halogenated alkanes) is 3. The number of terminal acetylenes is 1. The molecule has 100 valence electrons. The van der Waals surface area contributed by atoms with Crippen molar-refractivity contribution in [3.8, 4) is 24.2 Å². The Morgan fingerprint density at radius 2 is 2.11 bits per heavy atom. The lowest BCUT2D eigenvalue weighted by atomic mass is 9.96. The molecule has 0 fully saturated rings. The van der Waals surface area contributed by atoms with Crippen LogP contribution < -0.4 is 0 Å². The number of aryl methyl sites for hydroxylation is 1. The van der Waals surface area contributed by atoms with E-state index in [9.17, 15) is 5.11 Å². The summed E-state index contributed by atoms with van der Waals surface area (Å²) in [6, 6.07) is 5.86. The third-order valence-corrected chi connectivity index (χ3v) is 3.09. The SMILES string of the molecule is C#CCC(O)c1cccc(C)c1C#CCCCCC. The van der Waals surface area contributed by atoms with Gasteiger partial charge in [0.05, 0.1) is 6.10 Å². The smallest absolute Gasteiger partial charge is 0.0911 e. The van der Waals surface area contributed by atoms with Crippen LogP contribution in [0.2, 0.25) is 0 Å². The maximum absolute atomic E-state index is 10.1. The minimum atomic E-state index is -0.621.